The van der Waals surface area contributed by atoms with Gasteiger partial charge in [-0.05, 0) is 25.1 Å². The van der Waals surface area contributed by atoms with E-state index in [9.17, 15) is 0 Å². The van der Waals surface area contributed by atoms with Crippen LogP contribution in [0.5, 0.6) is 11.7 Å². The minimum Gasteiger partial charge on any atom is -0.428 e. The maximum absolute atomic E-state index is 8.80. The molecule has 1 N–H and O–H groups in total. The van der Waals surface area contributed by atoms with Crippen LogP contribution in [0.4, 0.5) is 0 Å². The third-order valence-corrected chi connectivity index (χ3v) is 2.03. The molecule has 3 nitrogen and oxygen atoms in total. The van der Waals surface area contributed by atoms with Crippen molar-refractivity contribution in [3.63, 3.8) is 0 Å². The number of furan rings is 1. The predicted molar refractivity (Wildman–Crippen MR) is 55.9 cm³/mol. The van der Waals surface area contributed by atoms with Gasteiger partial charge in [0.2, 0.25) is 0 Å². The summed E-state index contributed by atoms with van der Waals surface area (Å²) in [5.74, 6) is 1.61. The summed E-state index contributed by atoms with van der Waals surface area (Å²) in [5.41, 5.74) is 1.18. The molecular formula is C12H12O3. The largest absolute Gasteiger partial charge is 0.428 e. The second-order valence-corrected chi connectivity index (χ2v) is 3.29. The van der Waals surface area contributed by atoms with Crippen LogP contribution in [-0.2, 0) is 6.61 Å². The van der Waals surface area contributed by atoms with Gasteiger partial charge in [0, 0.05) is 6.07 Å². The number of aliphatic hydroxyl groups is 1. The van der Waals surface area contributed by atoms with Crippen LogP contribution in [-0.4, -0.2) is 5.11 Å². The van der Waals surface area contributed by atoms with Gasteiger partial charge in [0.15, 0.2) is 0 Å². The molecule has 0 fully saturated rings. The van der Waals surface area contributed by atoms with E-state index in [1.165, 1.54) is 5.56 Å². The smallest absolute Gasteiger partial charge is 0.290 e. The molecule has 2 rings (SSSR count). The van der Waals surface area contributed by atoms with E-state index in [0.29, 0.717) is 11.7 Å². The van der Waals surface area contributed by atoms with Crippen molar-refractivity contribution in [3.8, 4) is 11.7 Å². The van der Waals surface area contributed by atoms with Crippen molar-refractivity contribution in [1.82, 2.24) is 0 Å². The number of ether oxygens (including phenoxy) is 1. The van der Waals surface area contributed by atoms with Crippen LogP contribution in [0.25, 0.3) is 0 Å². The first kappa shape index (κ1) is 9.80. The van der Waals surface area contributed by atoms with Crippen LogP contribution in [0.15, 0.2) is 40.8 Å². The van der Waals surface area contributed by atoms with Crippen molar-refractivity contribution >= 4 is 0 Å². The van der Waals surface area contributed by atoms with Gasteiger partial charge in [-0.3, -0.25) is 0 Å². The summed E-state index contributed by atoms with van der Waals surface area (Å²) in [5, 5.41) is 8.80. The summed E-state index contributed by atoms with van der Waals surface area (Å²) in [7, 11) is 0. The molecule has 0 aliphatic heterocycles. The summed E-state index contributed by atoms with van der Waals surface area (Å²) in [6.45, 7) is 1.90. The Labute approximate surface area is 87.9 Å². The Morgan fingerprint density at radius 2 is 1.87 bits per heavy atom. The summed E-state index contributed by atoms with van der Waals surface area (Å²) < 4.78 is 10.6. The van der Waals surface area contributed by atoms with Crippen LogP contribution in [0.1, 0.15) is 11.3 Å². The lowest BCUT2D eigenvalue weighted by Gasteiger charge is -2.01. The fraction of sp³-hybridized carbons (Fsp3) is 0.167. The van der Waals surface area contributed by atoms with Gasteiger partial charge in [-0.15, -0.1) is 0 Å². The molecule has 1 heterocycles. The average molecular weight is 204 g/mol. The van der Waals surface area contributed by atoms with Gasteiger partial charge in [-0.25, -0.2) is 0 Å². The van der Waals surface area contributed by atoms with Crippen LogP contribution in [0.2, 0.25) is 0 Å². The van der Waals surface area contributed by atoms with Gasteiger partial charge in [-0.1, -0.05) is 17.7 Å². The molecule has 0 unspecified atom stereocenters. The van der Waals surface area contributed by atoms with Gasteiger partial charge in [0.1, 0.15) is 18.1 Å². The summed E-state index contributed by atoms with van der Waals surface area (Å²) in [6.07, 6.45) is 0. The van der Waals surface area contributed by atoms with E-state index < -0.39 is 0 Å². The zero-order valence-corrected chi connectivity index (χ0v) is 8.43. The average Bonchev–Trinajstić information content (AvgIpc) is 2.69. The number of hydrogen-bond donors (Lipinski definition) is 1. The second-order valence-electron chi connectivity index (χ2n) is 3.29. The summed E-state index contributed by atoms with van der Waals surface area (Å²) in [6, 6.07) is 11.0. The van der Waals surface area contributed by atoms with Crippen molar-refractivity contribution in [2.24, 2.45) is 0 Å². The van der Waals surface area contributed by atoms with E-state index in [1.54, 1.807) is 12.1 Å². The molecule has 0 atom stereocenters. The molecule has 0 saturated carbocycles. The predicted octanol–water partition coefficient (Wildman–Crippen LogP) is 2.87. The zero-order chi connectivity index (χ0) is 10.7. The molecule has 1 aromatic carbocycles. The highest BCUT2D eigenvalue weighted by Crippen LogP contribution is 2.23. The van der Waals surface area contributed by atoms with E-state index in [-0.39, 0.29) is 6.61 Å². The van der Waals surface area contributed by atoms with E-state index in [2.05, 4.69) is 0 Å². The fourth-order valence-electron chi connectivity index (χ4n) is 1.22. The molecule has 0 amide bonds. The van der Waals surface area contributed by atoms with Crippen molar-refractivity contribution in [2.75, 3.05) is 0 Å². The summed E-state index contributed by atoms with van der Waals surface area (Å²) >= 11 is 0. The van der Waals surface area contributed by atoms with Crippen molar-refractivity contribution in [1.29, 1.82) is 0 Å². The third-order valence-electron chi connectivity index (χ3n) is 2.03. The molecule has 0 bridgehead atoms. The number of benzene rings is 1. The Kier molecular flexibility index (Phi) is 2.74. The molecule has 3 heteroatoms. The number of aryl methyl sites for hydroxylation is 1. The maximum Gasteiger partial charge on any atom is 0.290 e. The summed E-state index contributed by atoms with van der Waals surface area (Å²) in [4.78, 5) is 0. The first-order valence-corrected chi connectivity index (χ1v) is 4.72. The number of aliphatic hydroxyl groups excluding tert-OH is 1. The second kappa shape index (κ2) is 4.19. The minimum atomic E-state index is -0.114. The highest BCUT2D eigenvalue weighted by Gasteiger charge is 2.02. The van der Waals surface area contributed by atoms with Gasteiger partial charge in [-0.2, -0.15) is 0 Å². The quantitative estimate of drug-likeness (QED) is 0.835. The SMILES string of the molecule is Cc1ccc(Oc2ccc(CO)o2)cc1. The van der Waals surface area contributed by atoms with Crippen LogP contribution in [0, 0.1) is 6.92 Å². The lowest BCUT2D eigenvalue weighted by molar-refractivity contribution is 0.231. The highest BCUT2D eigenvalue weighted by atomic mass is 16.6. The molecule has 0 aliphatic rings. The molecule has 1 aromatic heterocycles. The van der Waals surface area contributed by atoms with Gasteiger partial charge >= 0.3 is 0 Å². The van der Waals surface area contributed by atoms with Gasteiger partial charge in [0.05, 0.1) is 0 Å². The molecular weight excluding hydrogens is 192 g/mol. The third kappa shape index (κ3) is 2.39. The maximum atomic E-state index is 8.80. The minimum absolute atomic E-state index is 0.114. The zero-order valence-electron chi connectivity index (χ0n) is 8.43. The van der Waals surface area contributed by atoms with E-state index in [1.807, 2.05) is 31.2 Å². The molecule has 0 saturated heterocycles. The van der Waals surface area contributed by atoms with Crippen LogP contribution >= 0.6 is 0 Å². The number of hydrogen-bond acceptors (Lipinski definition) is 3. The van der Waals surface area contributed by atoms with Crippen LogP contribution in [0.3, 0.4) is 0 Å². The molecule has 15 heavy (non-hydrogen) atoms. The molecule has 2 aromatic rings. The monoisotopic (exact) mass is 204 g/mol. The van der Waals surface area contributed by atoms with Crippen molar-refractivity contribution < 1.29 is 14.3 Å². The Bertz CT molecular complexity index is 428. The molecule has 0 radical (unpaired) electrons. The fourth-order valence-corrected chi connectivity index (χ4v) is 1.22. The Hall–Kier alpha value is -1.74. The lowest BCUT2D eigenvalue weighted by Crippen LogP contribution is -1.81. The molecule has 0 spiro atoms. The highest BCUT2D eigenvalue weighted by molar-refractivity contribution is 5.29. The van der Waals surface area contributed by atoms with Gasteiger partial charge < -0.3 is 14.3 Å². The van der Waals surface area contributed by atoms with E-state index >= 15 is 0 Å². The Morgan fingerprint density at radius 1 is 1.13 bits per heavy atom. The Balaban J connectivity index is 2.11. The molecule has 0 aliphatic carbocycles. The first-order chi connectivity index (χ1) is 7.28. The van der Waals surface area contributed by atoms with Gasteiger partial charge in [0.25, 0.3) is 5.95 Å². The Morgan fingerprint density at radius 3 is 2.47 bits per heavy atom. The first-order valence-electron chi connectivity index (χ1n) is 4.72. The normalized spacial score (nSPS) is 10.3. The van der Waals surface area contributed by atoms with E-state index in [4.69, 9.17) is 14.3 Å². The van der Waals surface area contributed by atoms with E-state index in [0.717, 1.165) is 5.75 Å². The lowest BCUT2D eigenvalue weighted by atomic mass is 10.2. The van der Waals surface area contributed by atoms with Crippen molar-refractivity contribution in [3.05, 3.63) is 47.7 Å². The van der Waals surface area contributed by atoms with Crippen molar-refractivity contribution in [2.45, 2.75) is 13.5 Å². The molecule has 78 valence electrons. The standard InChI is InChI=1S/C12H12O3/c1-9-2-4-10(5-3-9)14-12-7-6-11(8-13)15-12/h2-7,13H,8H2,1H3. The number of rotatable bonds is 3. The topological polar surface area (TPSA) is 42.6 Å². The van der Waals surface area contributed by atoms with Crippen LogP contribution < -0.4 is 4.74 Å².